The fourth-order valence-corrected chi connectivity index (χ4v) is 2.71. The molecule has 0 aromatic heterocycles. The topological polar surface area (TPSA) is 40.5 Å². The van der Waals surface area contributed by atoms with Gasteiger partial charge in [0.15, 0.2) is 0 Å². The normalized spacial score (nSPS) is 10.9. The third-order valence-corrected chi connectivity index (χ3v) is 3.67. The Morgan fingerprint density at radius 1 is 0.842 bits per heavy atom. The molecule has 2 N–H and O–H groups in total. The molecule has 0 aliphatic heterocycles. The molecular formula is C17H20O2. The van der Waals surface area contributed by atoms with Crippen molar-refractivity contribution in [3.8, 4) is 11.5 Å². The number of phenols is 2. The Hall–Kier alpha value is -1.96. The van der Waals surface area contributed by atoms with Crippen LogP contribution >= 0.6 is 0 Å². The van der Waals surface area contributed by atoms with Gasteiger partial charge in [-0.05, 0) is 66.8 Å². The minimum Gasteiger partial charge on any atom is -0.508 e. The highest BCUT2D eigenvalue weighted by molar-refractivity contribution is 5.45. The smallest absolute Gasteiger partial charge is 0.115 e. The average molecular weight is 256 g/mol. The van der Waals surface area contributed by atoms with Gasteiger partial charge >= 0.3 is 0 Å². The molecule has 0 aliphatic rings. The Labute approximate surface area is 114 Å². The average Bonchev–Trinajstić information content (AvgIpc) is 2.34. The highest BCUT2D eigenvalue weighted by Gasteiger charge is 2.16. The number of hydrogen-bond acceptors (Lipinski definition) is 2. The monoisotopic (exact) mass is 256 g/mol. The highest BCUT2D eigenvalue weighted by atomic mass is 16.3. The van der Waals surface area contributed by atoms with Gasteiger partial charge in [-0.1, -0.05) is 19.1 Å². The maximum atomic E-state index is 9.52. The predicted octanol–water partition coefficient (Wildman–Crippen LogP) is 4.26. The van der Waals surface area contributed by atoms with E-state index in [0.29, 0.717) is 17.4 Å². The Morgan fingerprint density at radius 2 is 1.26 bits per heavy atom. The number of rotatable bonds is 3. The van der Waals surface area contributed by atoms with Crippen LogP contribution in [0.1, 0.15) is 41.5 Å². The van der Waals surface area contributed by atoms with Gasteiger partial charge in [-0.15, -0.1) is 0 Å². The van der Waals surface area contributed by atoms with E-state index in [1.807, 2.05) is 26.0 Å². The summed E-state index contributed by atoms with van der Waals surface area (Å²) in [5.74, 6) is 0.901. The molecule has 0 aliphatic carbocycles. The minimum absolute atomic E-state index is 0.293. The lowest BCUT2D eigenvalue weighted by Gasteiger charge is -2.20. The second-order valence-corrected chi connectivity index (χ2v) is 5.04. The van der Waals surface area contributed by atoms with Crippen molar-refractivity contribution < 1.29 is 10.2 Å². The molecule has 0 bridgehead atoms. The van der Waals surface area contributed by atoms with E-state index in [0.717, 1.165) is 17.5 Å². The molecule has 2 rings (SSSR count). The van der Waals surface area contributed by atoms with Gasteiger partial charge in [0.05, 0.1) is 0 Å². The van der Waals surface area contributed by atoms with E-state index in [4.69, 9.17) is 0 Å². The molecule has 0 saturated heterocycles. The number of phenolic OH excluding ortho intramolecular Hbond substituents is 2. The molecule has 0 fully saturated rings. The Morgan fingerprint density at radius 3 is 1.58 bits per heavy atom. The Kier molecular flexibility index (Phi) is 3.79. The molecule has 0 unspecified atom stereocenters. The quantitative estimate of drug-likeness (QED) is 0.861. The zero-order valence-corrected chi connectivity index (χ0v) is 11.6. The van der Waals surface area contributed by atoms with E-state index in [1.54, 1.807) is 24.3 Å². The lowest BCUT2D eigenvalue weighted by atomic mass is 9.84. The third kappa shape index (κ3) is 2.73. The van der Waals surface area contributed by atoms with Crippen molar-refractivity contribution in [3.05, 3.63) is 58.7 Å². The lowest BCUT2D eigenvalue weighted by Crippen LogP contribution is -2.04. The van der Waals surface area contributed by atoms with Crippen LogP contribution in [0.15, 0.2) is 36.4 Å². The van der Waals surface area contributed by atoms with Gasteiger partial charge in [-0.2, -0.15) is 0 Å². The minimum atomic E-state index is 0.293. The highest BCUT2D eigenvalue weighted by Crippen LogP contribution is 2.34. The largest absolute Gasteiger partial charge is 0.508 e. The van der Waals surface area contributed by atoms with Crippen molar-refractivity contribution >= 4 is 0 Å². The summed E-state index contributed by atoms with van der Waals surface area (Å²) in [6.07, 6.45) is 0.983. The standard InChI is InChI=1S/C17H20O2/c1-4-15(16-7-5-13(18)9-11(16)2)17-8-6-14(19)10-12(17)3/h5-10,15,18-19H,4H2,1-3H3. The maximum Gasteiger partial charge on any atom is 0.115 e. The summed E-state index contributed by atoms with van der Waals surface area (Å²) in [5, 5.41) is 19.0. The van der Waals surface area contributed by atoms with Crippen molar-refractivity contribution in [1.29, 1.82) is 0 Å². The number of aryl methyl sites for hydroxylation is 2. The summed E-state index contributed by atoms with van der Waals surface area (Å²) in [4.78, 5) is 0. The van der Waals surface area contributed by atoms with Gasteiger partial charge < -0.3 is 10.2 Å². The fraction of sp³-hybridized carbons (Fsp3) is 0.294. The van der Waals surface area contributed by atoms with E-state index >= 15 is 0 Å². The van der Waals surface area contributed by atoms with Gasteiger partial charge in [-0.25, -0.2) is 0 Å². The first kappa shape index (κ1) is 13.5. The van der Waals surface area contributed by atoms with Gasteiger partial charge in [0.1, 0.15) is 11.5 Å². The van der Waals surface area contributed by atoms with E-state index in [1.165, 1.54) is 11.1 Å². The van der Waals surface area contributed by atoms with Gasteiger partial charge in [0, 0.05) is 5.92 Å². The van der Waals surface area contributed by atoms with Crippen molar-refractivity contribution in [2.24, 2.45) is 0 Å². The summed E-state index contributed by atoms with van der Waals surface area (Å²) in [5.41, 5.74) is 4.65. The molecule has 0 radical (unpaired) electrons. The number of aromatic hydroxyl groups is 2. The van der Waals surface area contributed by atoms with Crippen LogP contribution in [0.3, 0.4) is 0 Å². The molecular weight excluding hydrogens is 236 g/mol. The zero-order valence-electron chi connectivity index (χ0n) is 11.6. The van der Waals surface area contributed by atoms with E-state index in [2.05, 4.69) is 6.92 Å². The van der Waals surface area contributed by atoms with Gasteiger partial charge in [0.2, 0.25) is 0 Å². The summed E-state index contributed by atoms with van der Waals surface area (Å²) < 4.78 is 0. The van der Waals surface area contributed by atoms with E-state index in [9.17, 15) is 10.2 Å². The van der Waals surface area contributed by atoms with Gasteiger partial charge in [-0.3, -0.25) is 0 Å². The molecule has 0 heterocycles. The Bertz CT molecular complexity index is 536. The van der Waals surface area contributed by atoms with Crippen molar-refractivity contribution in [2.75, 3.05) is 0 Å². The van der Waals surface area contributed by atoms with Crippen LogP contribution in [-0.2, 0) is 0 Å². The Balaban J connectivity index is 2.50. The van der Waals surface area contributed by atoms with Crippen LogP contribution in [0, 0.1) is 13.8 Å². The van der Waals surface area contributed by atoms with Crippen molar-refractivity contribution in [1.82, 2.24) is 0 Å². The van der Waals surface area contributed by atoms with Crippen molar-refractivity contribution in [2.45, 2.75) is 33.1 Å². The molecule has 2 aromatic carbocycles. The fourth-order valence-electron chi connectivity index (χ4n) is 2.71. The molecule has 2 nitrogen and oxygen atoms in total. The van der Waals surface area contributed by atoms with Crippen LogP contribution in [0.2, 0.25) is 0 Å². The summed E-state index contributed by atoms with van der Waals surface area (Å²) in [6, 6.07) is 11.1. The molecule has 0 saturated carbocycles. The second-order valence-electron chi connectivity index (χ2n) is 5.04. The molecule has 100 valence electrons. The van der Waals surface area contributed by atoms with Crippen LogP contribution in [0.25, 0.3) is 0 Å². The lowest BCUT2D eigenvalue weighted by molar-refractivity contribution is 0.474. The number of hydrogen-bond donors (Lipinski definition) is 2. The molecule has 0 atom stereocenters. The summed E-state index contributed by atoms with van der Waals surface area (Å²) >= 11 is 0. The third-order valence-electron chi connectivity index (χ3n) is 3.67. The van der Waals surface area contributed by atoms with Crippen LogP contribution in [0.5, 0.6) is 11.5 Å². The molecule has 19 heavy (non-hydrogen) atoms. The molecule has 0 amide bonds. The van der Waals surface area contributed by atoms with E-state index in [-0.39, 0.29) is 0 Å². The second kappa shape index (κ2) is 5.35. The van der Waals surface area contributed by atoms with E-state index < -0.39 is 0 Å². The van der Waals surface area contributed by atoms with Crippen LogP contribution in [-0.4, -0.2) is 10.2 Å². The first-order valence-corrected chi connectivity index (χ1v) is 6.62. The van der Waals surface area contributed by atoms with Crippen molar-refractivity contribution in [3.63, 3.8) is 0 Å². The first-order valence-electron chi connectivity index (χ1n) is 6.62. The van der Waals surface area contributed by atoms with Crippen LogP contribution < -0.4 is 0 Å². The predicted molar refractivity (Wildman–Crippen MR) is 77.8 cm³/mol. The maximum absolute atomic E-state index is 9.52. The summed E-state index contributed by atoms with van der Waals surface area (Å²) in [6.45, 7) is 6.20. The number of benzene rings is 2. The SMILES string of the molecule is CCC(c1ccc(O)cc1C)c1ccc(O)cc1C. The van der Waals surface area contributed by atoms with Gasteiger partial charge in [0.25, 0.3) is 0 Å². The molecule has 2 aromatic rings. The summed E-state index contributed by atoms with van der Waals surface area (Å²) in [7, 11) is 0. The van der Waals surface area contributed by atoms with Crippen LogP contribution in [0.4, 0.5) is 0 Å². The first-order chi connectivity index (χ1) is 9.02. The molecule has 2 heteroatoms. The molecule has 0 spiro atoms. The zero-order chi connectivity index (χ0) is 14.0.